The molecule has 0 spiro atoms. The number of benzene rings is 5. The molecule has 258 valence electrons. The Bertz CT molecular complexity index is 2610. The summed E-state index contributed by atoms with van der Waals surface area (Å²) < 4.78 is 9.12. The number of pyridine rings is 2. The van der Waals surface area contributed by atoms with Crippen LogP contribution in [0.4, 0.5) is 0 Å². The van der Waals surface area contributed by atoms with Crippen molar-refractivity contribution in [2.24, 2.45) is 21.1 Å². The Morgan fingerprint density at radius 2 is 0.846 bits per heavy atom. The molecule has 0 bridgehead atoms. The zero-order valence-electron chi connectivity index (χ0n) is 32.0. The molecule has 4 nitrogen and oxygen atoms in total. The monoisotopic (exact) mass is 681 g/mol. The molecule has 0 saturated carbocycles. The fraction of sp³-hybridized carbons (Fsp3) is 0.229. The molecule has 4 heteroatoms. The molecule has 0 aliphatic heterocycles. The molecule has 0 atom stereocenters. The van der Waals surface area contributed by atoms with Gasteiger partial charge in [0.15, 0.2) is 35.8 Å². The van der Waals surface area contributed by atoms with E-state index >= 15 is 0 Å². The molecule has 0 saturated heterocycles. The molecule has 0 fully saturated rings. The summed E-state index contributed by atoms with van der Waals surface area (Å²) in [4.78, 5) is 0. The van der Waals surface area contributed by atoms with E-state index in [2.05, 4.69) is 215 Å². The van der Waals surface area contributed by atoms with E-state index in [0.29, 0.717) is 0 Å². The Hall–Kier alpha value is -5.61. The van der Waals surface area contributed by atoms with Gasteiger partial charge in [-0.1, -0.05) is 90.1 Å². The minimum absolute atomic E-state index is 0.0581. The van der Waals surface area contributed by atoms with Gasteiger partial charge in [0.25, 0.3) is 5.82 Å². The predicted molar refractivity (Wildman–Crippen MR) is 216 cm³/mol. The Kier molecular flexibility index (Phi) is 7.91. The summed E-state index contributed by atoms with van der Waals surface area (Å²) in [5.41, 5.74) is 12.4. The van der Waals surface area contributed by atoms with Gasteiger partial charge in [0.05, 0.1) is 12.6 Å². The quantitative estimate of drug-likeness (QED) is 0.130. The van der Waals surface area contributed by atoms with Crippen LogP contribution in [0.15, 0.2) is 134 Å². The lowest BCUT2D eigenvalue weighted by Crippen LogP contribution is -2.30. The second kappa shape index (κ2) is 12.3. The molecule has 5 aromatic carbocycles. The number of aromatic nitrogens is 4. The van der Waals surface area contributed by atoms with Gasteiger partial charge in [-0.3, -0.25) is 0 Å². The van der Waals surface area contributed by atoms with E-state index in [1.807, 2.05) is 0 Å². The van der Waals surface area contributed by atoms with Gasteiger partial charge in [0, 0.05) is 35.0 Å². The van der Waals surface area contributed by atoms with Crippen LogP contribution in [-0.4, -0.2) is 4.57 Å². The van der Waals surface area contributed by atoms with Gasteiger partial charge < -0.3 is 0 Å². The SMILES string of the molecule is C[n+]1ccc(-c2ccc3c4ccc(-c5cc[n+](C)cc5)cc4c4c(c3c2)n(-c2ccc(C(C)(C)C)cc2)c(-c2ccc(C(C)(C)C)cc2)[n+]4C)cc1. The first-order valence-corrected chi connectivity index (χ1v) is 18.3. The first-order chi connectivity index (χ1) is 24.8. The van der Waals surface area contributed by atoms with Crippen molar-refractivity contribution < 1.29 is 13.7 Å². The predicted octanol–water partition coefficient (Wildman–Crippen LogP) is 10.0. The first kappa shape index (κ1) is 33.5. The lowest BCUT2D eigenvalue weighted by molar-refractivity contribution is -0.671. The van der Waals surface area contributed by atoms with Gasteiger partial charge in [0.1, 0.15) is 19.8 Å². The van der Waals surface area contributed by atoms with Crippen LogP contribution < -0.4 is 13.7 Å². The second-order valence-corrected chi connectivity index (χ2v) is 16.6. The fourth-order valence-electron chi connectivity index (χ4n) is 7.68. The third-order valence-corrected chi connectivity index (χ3v) is 10.8. The summed E-state index contributed by atoms with van der Waals surface area (Å²) in [6.07, 6.45) is 8.49. The zero-order valence-corrected chi connectivity index (χ0v) is 32.0. The van der Waals surface area contributed by atoms with Crippen molar-refractivity contribution in [1.29, 1.82) is 0 Å². The number of aryl methyl sites for hydroxylation is 3. The third kappa shape index (κ3) is 5.77. The molecule has 0 N–H and O–H groups in total. The highest BCUT2D eigenvalue weighted by molar-refractivity contribution is 6.24. The van der Waals surface area contributed by atoms with Gasteiger partial charge in [-0.15, -0.1) is 0 Å². The average Bonchev–Trinajstić information content (AvgIpc) is 3.44. The molecule has 0 radical (unpaired) electrons. The first-order valence-electron chi connectivity index (χ1n) is 18.3. The summed E-state index contributed by atoms with van der Waals surface area (Å²) in [6, 6.07) is 41.3. The van der Waals surface area contributed by atoms with Crippen LogP contribution in [0.5, 0.6) is 0 Å². The maximum absolute atomic E-state index is 2.51. The van der Waals surface area contributed by atoms with Crippen LogP contribution in [0.2, 0.25) is 0 Å². The lowest BCUT2D eigenvalue weighted by Gasteiger charge is -2.19. The molecule has 8 rings (SSSR count). The van der Waals surface area contributed by atoms with E-state index < -0.39 is 0 Å². The van der Waals surface area contributed by atoms with Crippen molar-refractivity contribution >= 4 is 32.6 Å². The number of hydrogen-bond donors (Lipinski definition) is 0. The van der Waals surface area contributed by atoms with Crippen LogP contribution in [0.25, 0.3) is 71.9 Å². The summed E-state index contributed by atoms with van der Waals surface area (Å²) >= 11 is 0. The van der Waals surface area contributed by atoms with Crippen molar-refractivity contribution in [2.75, 3.05) is 0 Å². The molecular weight excluding hydrogens is 633 g/mol. The van der Waals surface area contributed by atoms with E-state index in [-0.39, 0.29) is 10.8 Å². The van der Waals surface area contributed by atoms with E-state index in [9.17, 15) is 0 Å². The summed E-state index contributed by atoms with van der Waals surface area (Å²) in [7, 11) is 6.38. The minimum atomic E-state index is 0.0581. The van der Waals surface area contributed by atoms with Crippen molar-refractivity contribution in [3.05, 3.63) is 145 Å². The Balaban J connectivity index is 1.53. The second-order valence-electron chi connectivity index (χ2n) is 16.6. The molecule has 0 aliphatic rings. The highest BCUT2D eigenvalue weighted by Crippen LogP contribution is 2.41. The Morgan fingerprint density at radius 1 is 0.423 bits per heavy atom. The van der Waals surface area contributed by atoms with Gasteiger partial charge in [0.2, 0.25) is 0 Å². The normalized spacial score (nSPS) is 12.3. The smallest absolute Gasteiger partial charge is 0.225 e. The maximum Gasteiger partial charge on any atom is 0.294 e. The van der Waals surface area contributed by atoms with E-state index in [1.165, 1.54) is 71.5 Å². The van der Waals surface area contributed by atoms with E-state index in [4.69, 9.17) is 0 Å². The molecular formula is C48H49N4+3. The fourth-order valence-corrected chi connectivity index (χ4v) is 7.68. The van der Waals surface area contributed by atoms with Crippen LogP contribution >= 0.6 is 0 Å². The Morgan fingerprint density at radius 3 is 1.33 bits per heavy atom. The summed E-state index contributed by atoms with van der Waals surface area (Å²) in [5.74, 6) is 1.15. The van der Waals surface area contributed by atoms with E-state index in [0.717, 1.165) is 11.5 Å². The standard InChI is InChI=1S/C48H49N4/c1-47(2,3)37-14-10-34(11-15-37)46-51(9)44-42-30-35(32-22-26-49(7)27-23-32)12-20-40(42)41-21-13-36(33-24-28-50(8)29-25-33)31-43(41)45(44)52(46)39-18-16-38(17-19-39)48(4,5)6/h10-31H,1-9H3/q+3. The minimum Gasteiger partial charge on any atom is -0.225 e. The van der Waals surface area contributed by atoms with Crippen molar-refractivity contribution in [1.82, 2.24) is 4.57 Å². The van der Waals surface area contributed by atoms with E-state index in [1.54, 1.807) is 0 Å². The van der Waals surface area contributed by atoms with Gasteiger partial charge >= 0.3 is 0 Å². The molecule has 0 unspecified atom stereocenters. The molecule has 52 heavy (non-hydrogen) atoms. The van der Waals surface area contributed by atoms with Crippen LogP contribution in [0.3, 0.4) is 0 Å². The van der Waals surface area contributed by atoms with Crippen molar-refractivity contribution in [2.45, 2.75) is 52.4 Å². The highest BCUT2D eigenvalue weighted by Gasteiger charge is 2.31. The molecule has 3 heterocycles. The molecule has 0 amide bonds. The average molecular weight is 682 g/mol. The molecule has 0 aliphatic carbocycles. The van der Waals surface area contributed by atoms with Gasteiger partial charge in [-0.2, -0.15) is 4.57 Å². The van der Waals surface area contributed by atoms with Crippen molar-refractivity contribution in [3.63, 3.8) is 0 Å². The topological polar surface area (TPSA) is 16.6 Å². The van der Waals surface area contributed by atoms with Crippen LogP contribution in [-0.2, 0) is 32.0 Å². The summed E-state index contributed by atoms with van der Waals surface area (Å²) in [6.45, 7) is 13.7. The number of nitrogens with zero attached hydrogens (tertiary/aromatic N) is 4. The Labute approximate surface area is 307 Å². The van der Waals surface area contributed by atoms with Gasteiger partial charge in [-0.05, 0) is 91.4 Å². The zero-order chi connectivity index (χ0) is 36.5. The summed E-state index contributed by atoms with van der Waals surface area (Å²) in [5, 5.41) is 4.98. The molecule has 3 aromatic heterocycles. The number of rotatable bonds is 4. The lowest BCUT2D eigenvalue weighted by atomic mass is 9.86. The van der Waals surface area contributed by atoms with Crippen LogP contribution in [0, 0.1) is 0 Å². The van der Waals surface area contributed by atoms with Crippen molar-refractivity contribution in [3.8, 4) is 39.3 Å². The maximum atomic E-state index is 2.51. The van der Waals surface area contributed by atoms with Gasteiger partial charge in [-0.25, -0.2) is 13.7 Å². The van der Waals surface area contributed by atoms with Crippen LogP contribution in [0.1, 0.15) is 52.7 Å². The largest absolute Gasteiger partial charge is 0.294 e. The third-order valence-electron chi connectivity index (χ3n) is 10.8. The molecule has 8 aromatic rings. The highest BCUT2D eigenvalue weighted by atomic mass is 15.2. The number of imidazole rings is 1. The number of hydrogen-bond acceptors (Lipinski definition) is 0. The number of fused-ring (bicyclic) bond motifs is 6.